The second-order valence-electron chi connectivity index (χ2n) is 7.06. The lowest BCUT2D eigenvalue weighted by Gasteiger charge is -2.11. The zero-order valence-electron chi connectivity index (χ0n) is 16.0. The number of halogens is 1. The molecule has 0 fully saturated rings. The summed E-state index contributed by atoms with van der Waals surface area (Å²) in [6.45, 7) is 0.588. The second kappa shape index (κ2) is 7.07. The molecule has 0 atom stereocenters. The Hall–Kier alpha value is -3.52. The summed E-state index contributed by atoms with van der Waals surface area (Å²) in [6, 6.07) is 13.1. The number of aryl methyl sites for hydroxylation is 1. The Morgan fingerprint density at radius 2 is 1.80 bits per heavy atom. The van der Waals surface area contributed by atoms with Crippen LogP contribution < -0.4 is 20.7 Å². The summed E-state index contributed by atoms with van der Waals surface area (Å²) in [6.07, 6.45) is 1.58. The fourth-order valence-electron chi connectivity index (χ4n) is 3.61. The molecule has 0 unspecified atom stereocenters. The smallest absolute Gasteiger partial charge is 0.332 e. The highest BCUT2D eigenvalue weighted by atomic mass is 35.5. The van der Waals surface area contributed by atoms with Crippen LogP contribution in [0.4, 0.5) is 0 Å². The van der Waals surface area contributed by atoms with E-state index in [0.717, 1.165) is 10.1 Å². The van der Waals surface area contributed by atoms with Crippen molar-refractivity contribution in [1.82, 2.24) is 18.7 Å². The summed E-state index contributed by atoms with van der Waals surface area (Å²) in [5.41, 5.74) is 1.43. The number of hydrogen-bond acceptors (Lipinski definition) is 5. The number of nitrogens with zero attached hydrogens (tertiary/aromatic N) is 4. The molecule has 9 heteroatoms. The Labute approximate surface area is 175 Å². The van der Waals surface area contributed by atoms with Crippen LogP contribution in [0, 0.1) is 0 Å². The molecule has 1 aliphatic heterocycles. The lowest BCUT2D eigenvalue weighted by molar-refractivity contribution is 0.174. The molecule has 4 aromatic rings. The van der Waals surface area contributed by atoms with E-state index in [1.807, 2.05) is 30.3 Å². The Balaban J connectivity index is 1.63. The molecule has 0 spiro atoms. The molecule has 1 aliphatic rings. The molecule has 8 nitrogen and oxygen atoms in total. The molecule has 2 aromatic heterocycles. The van der Waals surface area contributed by atoms with Gasteiger partial charge in [0, 0.05) is 24.7 Å². The van der Waals surface area contributed by atoms with E-state index in [9.17, 15) is 9.59 Å². The number of aromatic nitrogens is 4. The zero-order valence-corrected chi connectivity index (χ0v) is 16.8. The second-order valence-corrected chi connectivity index (χ2v) is 7.47. The monoisotopic (exact) mass is 424 g/mol. The van der Waals surface area contributed by atoms with Crippen LogP contribution in [0.1, 0.15) is 11.1 Å². The van der Waals surface area contributed by atoms with Gasteiger partial charge >= 0.3 is 5.69 Å². The number of hydrogen-bond donors (Lipinski definition) is 0. The van der Waals surface area contributed by atoms with Crippen LogP contribution in [0.25, 0.3) is 11.2 Å². The molecular weight excluding hydrogens is 408 g/mol. The highest BCUT2D eigenvalue weighted by Gasteiger charge is 2.20. The molecule has 0 saturated heterocycles. The van der Waals surface area contributed by atoms with E-state index in [1.54, 1.807) is 30.1 Å². The maximum absolute atomic E-state index is 13.3. The topological polar surface area (TPSA) is 80.3 Å². The van der Waals surface area contributed by atoms with Crippen LogP contribution >= 0.6 is 11.6 Å². The first-order chi connectivity index (χ1) is 14.5. The molecule has 5 rings (SSSR count). The summed E-state index contributed by atoms with van der Waals surface area (Å²) < 4.78 is 15.0. The molecule has 0 radical (unpaired) electrons. The minimum absolute atomic E-state index is 0.00738. The lowest BCUT2D eigenvalue weighted by Crippen LogP contribution is -2.40. The van der Waals surface area contributed by atoms with E-state index in [-0.39, 0.29) is 13.3 Å². The molecule has 2 aromatic carbocycles. The zero-order chi connectivity index (χ0) is 20.8. The van der Waals surface area contributed by atoms with Crippen LogP contribution in [0.2, 0.25) is 5.02 Å². The average molecular weight is 425 g/mol. The maximum Gasteiger partial charge on any atom is 0.332 e. The third-order valence-corrected chi connectivity index (χ3v) is 5.52. The largest absolute Gasteiger partial charge is 0.454 e. The van der Waals surface area contributed by atoms with Gasteiger partial charge in [0.1, 0.15) is 0 Å². The van der Waals surface area contributed by atoms with E-state index < -0.39 is 11.2 Å². The van der Waals surface area contributed by atoms with Crippen LogP contribution in [-0.4, -0.2) is 25.5 Å². The maximum atomic E-state index is 13.3. The van der Waals surface area contributed by atoms with Crippen LogP contribution in [0.3, 0.4) is 0 Å². The van der Waals surface area contributed by atoms with E-state index in [2.05, 4.69) is 4.98 Å². The van der Waals surface area contributed by atoms with Crippen molar-refractivity contribution in [3.8, 4) is 11.5 Å². The van der Waals surface area contributed by atoms with Crippen molar-refractivity contribution in [3.05, 3.63) is 85.8 Å². The van der Waals surface area contributed by atoms with E-state index in [0.29, 0.717) is 39.8 Å². The molecule has 152 valence electrons. The van der Waals surface area contributed by atoms with E-state index >= 15 is 0 Å². The van der Waals surface area contributed by atoms with Crippen molar-refractivity contribution in [1.29, 1.82) is 0 Å². The summed E-state index contributed by atoms with van der Waals surface area (Å²) in [5, 5.41) is 0.395. The average Bonchev–Trinajstić information content (AvgIpc) is 3.37. The van der Waals surface area contributed by atoms with Gasteiger partial charge in [-0.2, -0.15) is 0 Å². The Kier molecular flexibility index (Phi) is 4.36. The quantitative estimate of drug-likeness (QED) is 0.502. The van der Waals surface area contributed by atoms with Gasteiger partial charge in [0.25, 0.3) is 5.56 Å². The first-order valence-electron chi connectivity index (χ1n) is 9.29. The van der Waals surface area contributed by atoms with Crippen LogP contribution in [0.15, 0.2) is 58.4 Å². The third-order valence-electron chi connectivity index (χ3n) is 5.17. The highest BCUT2D eigenvalue weighted by molar-refractivity contribution is 6.31. The fourth-order valence-corrected chi connectivity index (χ4v) is 3.83. The summed E-state index contributed by atoms with van der Waals surface area (Å²) >= 11 is 6.36. The Morgan fingerprint density at radius 3 is 2.57 bits per heavy atom. The third kappa shape index (κ3) is 2.96. The lowest BCUT2D eigenvalue weighted by atomic mass is 10.2. The first-order valence-corrected chi connectivity index (χ1v) is 9.67. The van der Waals surface area contributed by atoms with Gasteiger partial charge in [-0.15, -0.1) is 0 Å². The van der Waals surface area contributed by atoms with Crippen molar-refractivity contribution >= 4 is 22.8 Å². The van der Waals surface area contributed by atoms with Gasteiger partial charge in [-0.25, -0.2) is 9.78 Å². The van der Waals surface area contributed by atoms with Crippen molar-refractivity contribution in [2.45, 2.75) is 13.1 Å². The van der Waals surface area contributed by atoms with Gasteiger partial charge in [0.2, 0.25) is 6.79 Å². The fraction of sp³-hybridized carbons (Fsp3) is 0.190. The van der Waals surface area contributed by atoms with E-state index in [4.69, 9.17) is 21.1 Å². The summed E-state index contributed by atoms with van der Waals surface area (Å²) in [7, 11) is 1.60. The van der Waals surface area contributed by atoms with Crippen molar-refractivity contribution in [3.63, 3.8) is 0 Å². The number of fused-ring (bicyclic) bond motifs is 2. The Bertz CT molecular complexity index is 1390. The normalized spacial score (nSPS) is 12.6. The summed E-state index contributed by atoms with van der Waals surface area (Å²) in [4.78, 5) is 30.5. The minimum atomic E-state index is -0.466. The highest BCUT2D eigenvalue weighted by Crippen LogP contribution is 2.36. The number of benzene rings is 2. The predicted octanol–water partition coefficient (Wildman–Crippen LogP) is 2.38. The minimum Gasteiger partial charge on any atom is -0.454 e. The van der Waals surface area contributed by atoms with Gasteiger partial charge in [-0.1, -0.05) is 41.9 Å². The van der Waals surface area contributed by atoms with Gasteiger partial charge < -0.3 is 14.0 Å². The molecule has 0 amide bonds. The number of ether oxygens (including phenoxy) is 2. The van der Waals surface area contributed by atoms with Gasteiger partial charge in [0.05, 0.1) is 12.9 Å². The van der Waals surface area contributed by atoms with E-state index in [1.165, 1.54) is 4.57 Å². The number of imidazole rings is 1. The molecule has 0 aliphatic carbocycles. The molecule has 3 heterocycles. The van der Waals surface area contributed by atoms with Gasteiger partial charge in [-0.3, -0.25) is 13.9 Å². The Morgan fingerprint density at radius 1 is 1.07 bits per heavy atom. The van der Waals surface area contributed by atoms with Crippen molar-refractivity contribution in [2.75, 3.05) is 6.79 Å². The van der Waals surface area contributed by atoms with Crippen molar-refractivity contribution < 1.29 is 9.47 Å². The standard InChI is InChI=1S/C21H17ClN4O4/c1-24-19-18(25(11-23-19)9-13-5-3-2-4-6-13)20(27)26(21(24)28)10-14-7-16-17(8-15(14)22)30-12-29-16/h2-8,11H,9-10,12H2,1H3. The molecule has 0 N–H and O–H groups in total. The summed E-state index contributed by atoms with van der Waals surface area (Å²) in [5.74, 6) is 1.08. The molecular formula is C21H17ClN4O4. The SMILES string of the molecule is Cn1c(=O)n(Cc2cc3c(cc2Cl)OCO3)c(=O)c2c1ncn2Cc1ccccc1. The van der Waals surface area contributed by atoms with Gasteiger partial charge in [-0.05, 0) is 17.2 Å². The van der Waals surface area contributed by atoms with Crippen molar-refractivity contribution in [2.24, 2.45) is 7.05 Å². The van der Waals surface area contributed by atoms with Gasteiger partial charge in [0.15, 0.2) is 22.7 Å². The predicted molar refractivity (Wildman–Crippen MR) is 111 cm³/mol. The van der Waals surface area contributed by atoms with Crippen LogP contribution in [-0.2, 0) is 20.1 Å². The first kappa shape index (κ1) is 18.5. The molecule has 0 saturated carbocycles. The molecule has 0 bridgehead atoms. The molecule has 30 heavy (non-hydrogen) atoms. The number of rotatable bonds is 4. The van der Waals surface area contributed by atoms with Crippen LogP contribution in [0.5, 0.6) is 11.5 Å².